The molecule has 0 saturated carbocycles. The molecule has 1 aliphatic heterocycles. The monoisotopic (exact) mass is 366 g/mol. The van der Waals surface area contributed by atoms with Gasteiger partial charge in [-0.2, -0.15) is 0 Å². The van der Waals surface area contributed by atoms with Gasteiger partial charge in [0, 0.05) is 32.1 Å². The zero-order valence-corrected chi connectivity index (χ0v) is 15.9. The smallest absolute Gasteiger partial charge is 0.257 e. The number of phenols is 1. The Morgan fingerprint density at radius 2 is 1.93 bits per heavy atom. The molecule has 5 heteroatoms. The molecule has 1 N–H and O–H groups in total. The van der Waals surface area contributed by atoms with Crippen molar-refractivity contribution in [1.29, 1.82) is 0 Å². The average Bonchev–Trinajstić information content (AvgIpc) is 2.82. The third-order valence-electron chi connectivity index (χ3n) is 5.13. The van der Waals surface area contributed by atoms with Crippen LogP contribution in [-0.4, -0.2) is 45.9 Å². The molecule has 2 aromatic carbocycles. The Balaban J connectivity index is 1.80. The second kappa shape index (κ2) is 8.25. The molecule has 0 aromatic heterocycles. The van der Waals surface area contributed by atoms with E-state index in [4.69, 9.17) is 0 Å². The number of carbonyl (C=O) groups excluding carboxylic acids is 2. The van der Waals surface area contributed by atoms with E-state index in [0.29, 0.717) is 31.6 Å². The number of hydrogen-bond acceptors (Lipinski definition) is 3. The highest BCUT2D eigenvalue weighted by Crippen LogP contribution is 2.23. The molecule has 5 nitrogen and oxygen atoms in total. The van der Waals surface area contributed by atoms with E-state index in [-0.39, 0.29) is 23.6 Å². The Hall–Kier alpha value is -2.82. The first kappa shape index (κ1) is 19.0. The standard InChI is InChI=1S/C22H26N2O3/c1-3-18-15-23(22(27)19-10-9-16(2)13-20(19)25)12-11-21(26)24(18)14-17-7-5-4-6-8-17/h4-10,13,18,25H,3,11-12,14-15H2,1-2H3/t18-/m0/s1. The lowest BCUT2D eigenvalue weighted by molar-refractivity contribution is -0.133. The molecule has 0 aliphatic carbocycles. The van der Waals surface area contributed by atoms with Gasteiger partial charge in [0.1, 0.15) is 5.75 Å². The number of aryl methyl sites for hydroxylation is 1. The molecule has 0 unspecified atom stereocenters. The van der Waals surface area contributed by atoms with Crippen molar-refractivity contribution in [3.8, 4) is 5.75 Å². The minimum Gasteiger partial charge on any atom is -0.507 e. The van der Waals surface area contributed by atoms with E-state index in [1.54, 1.807) is 17.0 Å². The predicted octanol–water partition coefficient (Wildman–Crippen LogP) is 3.35. The quantitative estimate of drug-likeness (QED) is 0.903. The average molecular weight is 366 g/mol. The number of hydrogen-bond donors (Lipinski definition) is 1. The van der Waals surface area contributed by atoms with Crippen LogP contribution in [0.2, 0.25) is 0 Å². The zero-order chi connectivity index (χ0) is 19.4. The van der Waals surface area contributed by atoms with Crippen LogP contribution in [0.5, 0.6) is 5.75 Å². The predicted molar refractivity (Wildman–Crippen MR) is 104 cm³/mol. The summed E-state index contributed by atoms with van der Waals surface area (Å²) in [7, 11) is 0. The van der Waals surface area contributed by atoms with Gasteiger partial charge in [0.15, 0.2) is 0 Å². The summed E-state index contributed by atoms with van der Waals surface area (Å²) in [6.07, 6.45) is 1.06. The lowest BCUT2D eigenvalue weighted by atomic mass is 10.1. The van der Waals surface area contributed by atoms with Crippen LogP contribution in [0, 0.1) is 6.92 Å². The highest BCUT2D eigenvalue weighted by molar-refractivity contribution is 5.97. The van der Waals surface area contributed by atoms with Gasteiger partial charge in [-0.25, -0.2) is 0 Å². The molecular formula is C22H26N2O3. The molecule has 1 saturated heterocycles. The molecule has 1 heterocycles. The van der Waals surface area contributed by atoms with Crippen molar-refractivity contribution in [2.45, 2.75) is 39.3 Å². The van der Waals surface area contributed by atoms with Crippen LogP contribution in [0.15, 0.2) is 48.5 Å². The number of carbonyl (C=O) groups is 2. The van der Waals surface area contributed by atoms with Crippen molar-refractivity contribution < 1.29 is 14.7 Å². The molecular weight excluding hydrogens is 340 g/mol. The van der Waals surface area contributed by atoms with E-state index in [0.717, 1.165) is 17.5 Å². The third kappa shape index (κ3) is 4.30. The summed E-state index contributed by atoms with van der Waals surface area (Å²) in [5.41, 5.74) is 2.27. The lowest BCUT2D eigenvalue weighted by Crippen LogP contribution is -2.43. The molecule has 0 spiro atoms. The summed E-state index contributed by atoms with van der Waals surface area (Å²) in [6, 6.07) is 14.9. The van der Waals surface area contributed by atoms with Gasteiger partial charge >= 0.3 is 0 Å². The van der Waals surface area contributed by atoms with Gasteiger partial charge in [-0.1, -0.05) is 43.3 Å². The Kier molecular flexibility index (Phi) is 5.79. The van der Waals surface area contributed by atoms with Crippen LogP contribution in [0.3, 0.4) is 0 Å². The first-order chi connectivity index (χ1) is 13.0. The molecule has 0 radical (unpaired) electrons. The summed E-state index contributed by atoms with van der Waals surface area (Å²) in [5, 5.41) is 10.2. The SMILES string of the molecule is CC[C@H]1CN(C(=O)c2ccc(C)cc2O)CCC(=O)N1Cc1ccccc1. The molecule has 2 aromatic rings. The number of rotatable bonds is 4. The fourth-order valence-electron chi connectivity index (χ4n) is 3.55. The Bertz CT molecular complexity index is 820. The summed E-state index contributed by atoms with van der Waals surface area (Å²) >= 11 is 0. The van der Waals surface area contributed by atoms with Gasteiger partial charge in [0.2, 0.25) is 5.91 Å². The highest BCUT2D eigenvalue weighted by Gasteiger charge is 2.31. The Morgan fingerprint density at radius 3 is 2.59 bits per heavy atom. The number of amides is 2. The minimum absolute atomic E-state index is 0.00948. The molecule has 0 bridgehead atoms. The topological polar surface area (TPSA) is 60.9 Å². The lowest BCUT2D eigenvalue weighted by Gasteiger charge is -2.31. The molecule has 1 fully saturated rings. The van der Waals surface area contributed by atoms with Crippen molar-refractivity contribution in [2.24, 2.45) is 0 Å². The zero-order valence-electron chi connectivity index (χ0n) is 15.9. The van der Waals surface area contributed by atoms with Crippen molar-refractivity contribution in [3.05, 3.63) is 65.2 Å². The van der Waals surface area contributed by atoms with E-state index in [9.17, 15) is 14.7 Å². The van der Waals surface area contributed by atoms with E-state index in [1.807, 2.05) is 55.1 Å². The van der Waals surface area contributed by atoms with E-state index >= 15 is 0 Å². The van der Waals surface area contributed by atoms with E-state index in [1.165, 1.54) is 0 Å². The van der Waals surface area contributed by atoms with E-state index in [2.05, 4.69) is 0 Å². The fourth-order valence-corrected chi connectivity index (χ4v) is 3.55. The van der Waals surface area contributed by atoms with Crippen molar-refractivity contribution in [2.75, 3.05) is 13.1 Å². The molecule has 1 aliphatic rings. The molecule has 142 valence electrons. The van der Waals surface area contributed by atoms with Crippen LogP contribution < -0.4 is 0 Å². The van der Waals surface area contributed by atoms with Crippen molar-refractivity contribution >= 4 is 11.8 Å². The van der Waals surface area contributed by atoms with E-state index < -0.39 is 0 Å². The van der Waals surface area contributed by atoms with Crippen LogP contribution in [0.4, 0.5) is 0 Å². The maximum Gasteiger partial charge on any atom is 0.257 e. The summed E-state index contributed by atoms with van der Waals surface area (Å²) in [6.45, 7) is 5.30. The van der Waals surface area contributed by atoms with Crippen LogP contribution in [0.1, 0.15) is 41.3 Å². The number of benzene rings is 2. The highest BCUT2D eigenvalue weighted by atomic mass is 16.3. The third-order valence-corrected chi connectivity index (χ3v) is 5.13. The normalized spacial score (nSPS) is 17.7. The van der Waals surface area contributed by atoms with Gasteiger partial charge < -0.3 is 14.9 Å². The van der Waals surface area contributed by atoms with Crippen molar-refractivity contribution in [3.63, 3.8) is 0 Å². The minimum atomic E-state index is -0.222. The molecule has 3 rings (SSSR count). The van der Waals surface area contributed by atoms with Gasteiger partial charge in [-0.05, 0) is 36.6 Å². The number of phenolic OH excluding ortho intramolecular Hbond substituents is 1. The largest absolute Gasteiger partial charge is 0.507 e. The van der Waals surface area contributed by atoms with Gasteiger partial charge in [0.25, 0.3) is 5.91 Å². The Morgan fingerprint density at radius 1 is 1.19 bits per heavy atom. The molecule has 1 atom stereocenters. The number of aromatic hydroxyl groups is 1. The first-order valence-electron chi connectivity index (χ1n) is 9.42. The maximum atomic E-state index is 13.0. The van der Waals surface area contributed by atoms with Crippen LogP contribution in [-0.2, 0) is 11.3 Å². The molecule has 27 heavy (non-hydrogen) atoms. The van der Waals surface area contributed by atoms with Gasteiger partial charge in [0.05, 0.1) is 5.56 Å². The second-order valence-electron chi connectivity index (χ2n) is 7.09. The van der Waals surface area contributed by atoms with Gasteiger partial charge in [-0.3, -0.25) is 9.59 Å². The second-order valence-corrected chi connectivity index (χ2v) is 7.09. The van der Waals surface area contributed by atoms with Gasteiger partial charge in [-0.15, -0.1) is 0 Å². The fraction of sp³-hybridized carbons (Fsp3) is 0.364. The first-order valence-corrected chi connectivity index (χ1v) is 9.42. The van der Waals surface area contributed by atoms with Crippen molar-refractivity contribution in [1.82, 2.24) is 9.80 Å². The van der Waals surface area contributed by atoms with Crippen LogP contribution in [0.25, 0.3) is 0 Å². The molecule has 2 amide bonds. The summed E-state index contributed by atoms with van der Waals surface area (Å²) in [4.78, 5) is 29.3. The summed E-state index contributed by atoms with van der Waals surface area (Å²) in [5.74, 6) is -0.167. The number of nitrogens with zero attached hydrogens (tertiary/aromatic N) is 2. The Labute approximate surface area is 160 Å². The maximum absolute atomic E-state index is 13.0. The summed E-state index contributed by atoms with van der Waals surface area (Å²) < 4.78 is 0. The van der Waals surface area contributed by atoms with Crippen LogP contribution >= 0.6 is 0 Å².